The van der Waals surface area contributed by atoms with Crippen molar-refractivity contribution in [1.82, 2.24) is 0 Å². The van der Waals surface area contributed by atoms with Crippen molar-refractivity contribution in [3.8, 4) is 0 Å². The molecule has 0 aromatic carbocycles. The van der Waals surface area contributed by atoms with Crippen LogP contribution in [0, 0.1) is 0 Å². The van der Waals surface area contributed by atoms with E-state index in [0.29, 0.717) is 11.9 Å². The quantitative estimate of drug-likeness (QED) is 0.560. The maximum absolute atomic E-state index is 11.8. The highest BCUT2D eigenvalue weighted by atomic mass is 32.3. The van der Waals surface area contributed by atoms with E-state index in [1.165, 1.54) is 0 Å². The fourth-order valence-electron chi connectivity index (χ4n) is 1.72. The molecule has 1 rings (SSSR count). The molecule has 0 aromatic heterocycles. The zero-order valence-corrected chi connectivity index (χ0v) is 11.4. The van der Waals surface area contributed by atoms with Gasteiger partial charge >= 0.3 is 5.97 Å². The molecule has 1 unspecified atom stereocenters. The van der Waals surface area contributed by atoms with Gasteiger partial charge in [0.2, 0.25) is 0 Å². The van der Waals surface area contributed by atoms with Crippen molar-refractivity contribution in [3.05, 3.63) is 24.3 Å². The predicted molar refractivity (Wildman–Crippen MR) is 72.2 cm³/mol. The van der Waals surface area contributed by atoms with Crippen molar-refractivity contribution in [2.75, 3.05) is 19.1 Å². The van der Waals surface area contributed by atoms with E-state index in [1.807, 2.05) is 13.8 Å². The number of carbonyl (C=O) groups excluding carboxylic acids is 1. The average molecular weight is 242 g/mol. The molecule has 0 saturated heterocycles. The fraction of sp³-hybridized carbons (Fsp3) is 0.615. The molecule has 0 amide bonds. The maximum atomic E-state index is 11.8. The second kappa shape index (κ2) is 5.58. The van der Waals surface area contributed by atoms with Gasteiger partial charge in [0.15, 0.2) is 0 Å². The summed E-state index contributed by atoms with van der Waals surface area (Å²) in [6.45, 7) is 4.31. The Kier molecular flexibility index (Phi) is 4.66. The van der Waals surface area contributed by atoms with Crippen molar-refractivity contribution in [3.63, 3.8) is 0 Å². The molecule has 1 atom stereocenters. The van der Waals surface area contributed by atoms with E-state index < -0.39 is 10.0 Å². The lowest BCUT2D eigenvalue weighted by Crippen LogP contribution is -2.31. The smallest absolute Gasteiger partial charge is 0.317 e. The Hall–Kier alpha value is -0.700. The average Bonchev–Trinajstić information content (AvgIpc) is 2.29. The molecule has 0 heterocycles. The van der Waals surface area contributed by atoms with Crippen LogP contribution in [-0.4, -0.2) is 35.6 Å². The lowest BCUT2D eigenvalue weighted by Gasteiger charge is -2.41. The van der Waals surface area contributed by atoms with Crippen LogP contribution in [0.4, 0.5) is 0 Å². The van der Waals surface area contributed by atoms with E-state index in [2.05, 4.69) is 36.8 Å². The zero-order valence-electron chi connectivity index (χ0n) is 10.6. The SMILES string of the molecule is CCOC(=O)C(C)S(C)(C)C1C=CCC=C1. The van der Waals surface area contributed by atoms with Crippen LogP contribution < -0.4 is 0 Å². The van der Waals surface area contributed by atoms with Gasteiger partial charge in [0.05, 0.1) is 11.9 Å². The van der Waals surface area contributed by atoms with Crippen LogP contribution >= 0.6 is 10.0 Å². The standard InChI is InChI=1S/C13H22O2S/c1-5-15-13(14)11(2)16(3,4)12-9-7-6-8-10-12/h7-12H,5-6H2,1-4H3. The van der Waals surface area contributed by atoms with Crippen LogP contribution in [0.1, 0.15) is 20.3 Å². The Balaban J connectivity index is 2.75. The molecule has 0 radical (unpaired) electrons. The number of allylic oxidation sites excluding steroid dienone is 2. The van der Waals surface area contributed by atoms with Crippen LogP contribution in [0.3, 0.4) is 0 Å². The molecule has 0 bridgehead atoms. The summed E-state index contributed by atoms with van der Waals surface area (Å²) in [7, 11) is -1.03. The minimum Gasteiger partial charge on any atom is -0.465 e. The Morgan fingerprint density at radius 2 is 2.00 bits per heavy atom. The first kappa shape index (κ1) is 13.4. The summed E-state index contributed by atoms with van der Waals surface area (Å²) in [4.78, 5) is 11.8. The van der Waals surface area contributed by atoms with E-state index in [0.717, 1.165) is 6.42 Å². The third kappa shape index (κ3) is 2.91. The molecule has 0 aromatic rings. The van der Waals surface area contributed by atoms with E-state index >= 15 is 0 Å². The summed E-state index contributed by atoms with van der Waals surface area (Å²) in [5.41, 5.74) is 0. The van der Waals surface area contributed by atoms with E-state index in [-0.39, 0.29) is 11.2 Å². The van der Waals surface area contributed by atoms with Gasteiger partial charge in [0.1, 0.15) is 0 Å². The summed E-state index contributed by atoms with van der Waals surface area (Å²) in [5, 5.41) is 0.394. The normalized spacial score (nSPS) is 19.5. The summed E-state index contributed by atoms with van der Waals surface area (Å²) < 4.78 is 5.11. The zero-order chi connectivity index (χ0) is 12.2. The highest BCUT2D eigenvalue weighted by Gasteiger charge is 2.32. The molecule has 1 aliphatic carbocycles. The molecule has 92 valence electrons. The summed E-state index contributed by atoms with van der Waals surface area (Å²) in [5.74, 6) is -0.0603. The second-order valence-corrected chi connectivity index (χ2v) is 8.66. The largest absolute Gasteiger partial charge is 0.465 e. The molecule has 0 fully saturated rings. The molecule has 0 aliphatic heterocycles. The third-order valence-corrected chi connectivity index (χ3v) is 6.89. The first-order valence-electron chi connectivity index (χ1n) is 5.71. The summed E-state index contributed by atoms with van der Waals surface area (Å²) >= 11 is 0. The molecule has 16 heavy (non-hydrogen) atoms. The summed E-state index contributed by atoms with van der Waals surface area (Å²) in [6, 6.07) is 0. The van der Waals surface area contributed by atoms with Gasteiger partial charge in [-0.1, -0.05) is 24.3 Å². The lowest BCUT2D eigenvalue weighted by molar-refractivity contribution is -0.142. The third-order valence-electron chi connectivity index (χ3n) is 3.15. The van der Waals surface area contributed by atoms with Crippen LogP contribution in [-0.2, 0) is 9.53 Å². The van der Waals surface area contributed by atoms with E-state index in [4.69, 9.17) is 4.74 Å². The van der Waals surface area contributed by atoms with Gasteiger partial charge in [-0.15, -0.1) is 0 Å². The number of hydrogen-bond acceptors (Lipinski definition) is 2. The number of ether oxygens (including phenoxy) is 1. The van der Waals surface area contributed by atoms with Crippen molar-refractivity contribution in [2.24, 2.45) is 0 Å². The topological polar surface area (TPSA) is 26.3 Å². The van der Waals surface area contributed by atoms with E-state index in [1.54, 1.807) is 0 Å². The Morgan fingerprint density at radius 3 is 2.50 bits per heavy atom. The number of esters is 1. The monoisotopic (exact) mass is 242 g/mol. The molecule has 0 saturated carbocycles. The minimum absolute atomic E-state index is 0.00940. The van der Waals surface area contributed by atoms with Gasteiger partial charge in [-0.25, -0.2) is 10.0 Å². The minimum atomic E-state index is -1.03. The van der Waals surface area contributed by atoms with E-state index in [9.17, 15) is 4.79 Å². The van der Waals surface area contributed by atoms with Crippen LogP contribution in [0.5, 0.6) is 0 Å². The van der Waals surface area contributed by atoms with Crippen LogP contribution in [0.15, 0.2) is 24.3 Å². The predicted octanol–water partition coefficient (Wildman–Crippen LogP) is 2.89. The molecular weight excluding hydrogens is 220 g/mol. The van der Waals surface area contributed by atoms with Crippen LogP contribution in [0.25, 0.3) is 0 Å². The number of carbonyl (C=O) groups is 1. The molecular formula is C13H22O2S. The number of rotatable bonds is 4. The van der Waals surface area contributed by atoms with Gasteiger partial charge in [-0.2, -0.15) is 0 Å². The molecule has 2 nitrogen and oxygen atoms in total. The van der Waals surface area contributed by atoms with Gasteiger partial charge in [-0.3, -0.25) is 4.79 Å². The van der Waals surface area contributed by atoms with Crippen molar-refractivity contribution in [1.29, 1.82) is 0 Å². The first-order chi connectivity index (χ1) is 7.50. The van der Waals surface area contributed by atoms with Gasteiger partial charge < -0.3 is 4.74 Å². The van der Waals surface area contributed by atoms with Gasteiger partial charge in [0, 0.05) is 5.25 Å². The Bertz CT molecular complexity index is 293. The number of hydrogen-bond donors (Lipinski definition) is 0. The van der Waals surface area contributed by atoms with Gasteiger partial charge in [-0.05, 0) is 32.8 Å². The highest BCUT2D eigenvalue weighted by molar-refractivity contribution is 8.34. The lowest BCUT2D eigenvalue weighted by atomic mass is 10.2. The Morgan fingerprint density at radius 1 is 1.44 bits per heavy atom. The first-order valence-corrected chi connectivity index (χ1v) is 8.28. The molecule has 1 aliphatic rings. The fourth-order valence-corrected chi connectivity index (χ4v) is 3.78. The molecule has 0 spiro atoms. The summed E-state index contributed by atoms with van der Waals surface area (Å²) in [6.07, 6.45) is 14.2. The van der Waals surface area contributed by atoms with Crippen molar-refractivity contribution in [2.45, 2.75) is 30.8 Å². The molecule has 3 heteroatoms. The van der Waals surface area contributed by atoms with Gasteiger partial charge in [0.25, 0.3) is 0 Å². The maximum Gasteiger partial charge on any atom is 0.317 e. The van der Waals surface area contributed by atoms with Crippen molar-refractivity contribution >= 4 is 16.0 Å². The van der Waals surface area contributed by atoms with Crippen LogP contribution in [0.2, 0.25) is 0 Å². The Labute approximate surface area is 100 Å². The highest BCUT2D eigenvalue weighted by Crippen LogP contribution is 2.52. The molecule has 0 N–H and O–H groups in total. The van der Waals surface area contributed by atoms with Crippen molar-refractivity contribution < 1.29 is 9.53 Å². The second-order valence-electron chi connectivity index (χ2n) is 4.44.